The molecule has 1 fully saturated rings. The second kappa shape index (κ2) is 11.5. The molecule has 32 heavy (non-hydrogen) atoms. The number of ether oxygens (including phenoxy) is 2. The van der Waals surface area contributed by atoms with Gasteiger partial charge in [0, 0.05) is 25.6 Å². The zero-order chi connectivity index (χ0) is 22.9. The van der Waals surface area contributed by atoms with Crippen LogP contribution in [0.3, 0.4) is 0 Å². The highest BCUT2D eigenvalue weighted by Crippen LogP contribution is 2.33. The summed E-state index contributed by atoms with van der Waals surface area (Å²) < 4.78 is 35.1. The summed E-state index contributed by atoms with van der Waals surface area (Å²) in [6.07, 6.45) is 2.32. The second-order valence-corrected chi connectivity index (χ2v) is 7.61. The predicted molar refractivity (Wildman–Crippen MR) is 116 cm³/mol. The molecule has 6 nitrogen and oxygen atoms in total. The van der Waals surface area contributed by atoms with Gasteiger partial charge >= 0.3 is 6.61 Å². The average molecular weight is 446 g/mol. The summed E-state index contributed by atoms with van der Waals surface area (Å²) >= 11 is 0. The van der Waals surface area contributed by atoms with Crippen molar-refractivity contribution in [3.8, 4) is 11.5 Å². The number of rotatable bonds is 12. The van der Waals surface area contributed by atoms with E-state index in [1.807, 2.05) is 30.3 Å². The first kappa shape index (κ1) is 23.5. The van der Waals surface area contributed by atoms with Gasteiger partial charge in [0.2, 0.25) is 11.8 Å². The van der Waals surface area contributed by atoms with Crippen LogP contribution in [0.4, 0.5) is 8.78 Å². The smallest absolute Gasteiger partial charge is 0.387 e. The Labute approximate surface area is 186 Å². The lowest BCUT2D eigenvalue weighted by Crippen LogP contribution is -2.36. The highest BCUT2D eigenvalue weighted by molar-refractivity contribution is 5.80. The molecule has 0 heterocycles. The largest absolute Gasteiger partial charge is 0.490 e. The highest BCUT2D eigenvalue weighted by atomic mass is 19.3. The molecular formula is C24H28F2N2O4. The maximum Gasteiger partial charge on any atom is 0.387 e. The van der Waals surface area contributed by atoms with Gasteiger partial charge in [-0.3, -0.25) is 9.59 Å². The Hall–Kier alpha value is -3.16. The molecule has 0 aliphatic heterocycles. The van der Waals surface area contributed by atoms with Gasteiger partial charge in [-0.15, -0.1) is 0 Å². The van der Waals surface area contributed by atoms with Crippen LogP contribution in [0.15, 0.2) is 48.5 Å². The lowest BCUT2D eigenvalue weighted by Gasteiger charge is -2.23. The predicted octanol–water partition coefficient (Wildman–Crippen LogP) is 3.93. The van der Waals surface area contributed by atoms with E-state index < -0.39 is 6.61 Å². The molecular weight excluding hydrogens is 418 g/mol. The number of hydrogen-bond acceptors (Lipinski definition) is 4. The summed E-state index contributed by atoms with van der Waals surface area (Å²) in [7, 11) is 0. The first-order valence-electron chi connectivity index (χ1n) is 10.8. The molecule has 0 spiro atoms. The van der Waals surface area contributed by atoms with Gasteiger partial charge in [-0.1, -0.05) is 36.4 Å². The first-order chi connectivity index (χ1) is 15.5. The van der Waals surface area contributed by atoms with Crippen molar-refractivity contribution < 1.29 is 27.8 Å². The average Bonchev–Trinajstić information content (AvgIpc) is 3.59. The van der Waals surface area contributed by atoms with Crippen molar-refractivity contribution >= 4 is 11.8 Å². The van der Waals surface area contributed by atoms with Crippen molar-refractivity contribution in [2.24, 2.45) is 0 Å². The van der Waals surface area contributed by atoms with Gasteiger partial charge < -0.3 is 19.7 Å². The van der Waals surface area contributed by atoms with Crippen LogP contribution in [0, 0.1) is 0 Å². The molecule has 172 valence electrons. The van der Waals surface area contributed by atoms with Crippen LogP contribution in [-0.2, 0) is 22.6 Å². The third-order valence-electron chi connectivity index (χ3n) is 5.05. The van der Waals surface area contributed by atoms with Crippen molar-refractivity contribution in [2.75, 3.05) is 13.2 Å². The van der Waals surface area contributed by atoms with Crippen LogP contribution < -0.4 is 14.8 Å². The van der Waals surface area contributed by atoms with E-state index in [1.165, 1.54) is 6.07 Å². The number of alkyl halides is 2. The van der Waals surface area contributed by atoms with Crippen LogP contribution in [0.5, 0.6) is 11.5 Å². The maximum atomic E-state index is 12.8. The summed E-state index contributed by atoms with van der Waals surface area (Å²) in [5, 5.41) is 2.80. The molecule has 8 heteroatoms. The number of nitrogens with one attached hydrogen (secondary N) is 1. The monoisotopic (exact) mass is 446 g/mol. The number of carbonyl (C=O) groups is 2. The van der Waals surface area contributed by atoms with Gasteiger partial charge in [0.05, 0.1) is 13.0 Å². The highest BCUT2D eigenvalue weighted by Gasteiger charge is 2.32. The summed E-state index contributed by atoms with van der Waals surface area (Å²) in [4.78, 5) is 26.7. The van der Waals surface area contributed by atoms with E-state index in [0.29, 0.717) is 13.2 Å². The fourth-order valence-corrected chi connectivity index (χ4v) is 3.41. The molecule has 0 radical (unpaired) electrons. The second-order valence-electron chi connectivity index (χ2n) is 7.61. The van der Waals surface area contributed by atoms with Crippen LogP contribution in [0.2, 0.25) is 0 Å². The minimum Gasteiger partial charge on any atom is -0.490 e. The molecule has 2 aromatic rings. The quantitative estimate of drug-likeness (QED) is 0.537. The fraction of sp³-hybridized carbons (Fsp3) is 0.417. The number of nitrogens with zero attached hydrogens (tertiary/aromatic N) is 1. The summed E-state index contributed by atoms with van der Waals surface area (Å²) in [6, 6.07) is 14.3. The Bertz CT molecular complexity index is 904. The molecule has 2 aromatic carbocycles. The van der Waals surface area contributed by atoms with E-state index in [0.717, 1.165) is 24.0 Å². The van der Waals surface area contributed by atoms with E-state index in [-0.39, 0.29) is 48.7 Å². The third kappa shape index (κ3) is 7.21. The van der Waals surface area contributed by atoms with Crippen molar-refractivity contribution in [3.05, 3.63) is 59.7 Å². The lowest BCUT2D eigenvalue weighted by atomic mass is 10.1. The third-order valence-corrected chi connectivity index (χ3v) is 5.05. The van der Waals surface area contributed by atoms with E-state index in [4.69, 9.17) is 4.74 Å². The van der Waals surface area contributed by atoms with Crippen molar-refractivity contribution in [2.45, 2.75) is 51.8 Å². The van der Waals surface area contributed by atoms with Crippen molar-refractivity contribution in [1.82, 2.24) is 10.2 Å². The summed E-state index contributed by atoms with van der Waals surface area (Å²) in [5.74, 6) is 0.00835. The molecule has 0 saturated heterocycles. The maximum absolute atomic E-state index is 12.8. The standard InChI is InChI=1S/C24H28F2N2O4/c1-2-31-21-14-18(8-11-20(21)32-24(25)26)16-28(19-9-10-19)23(30)12-13-27-22(29)15-17-6-4-3-5-7-17/h3-8,11,14,19,24H,2,9-10,12-13,15-16H2,1H3,(H,27,29). The van der Waals surface area contributed by atoms with E-state index in [1.54, 1.807) is 24.0 Å². The fourth-order valence-electron chi connectivity index (χ4n) is 3.41. The molecule has 1 saturated carbocycles. The van der Waals surface area contributed by atoms with Gasteiger partial charge in [0.15, 0.2) is 11.5 Å². The normalized spacial score (nSPS) is 13.0. The minimum atomic E-state index is -2.94. The van der Waals surface area contributed by atoms with Gasteiger partial charge in [-0.25, -0.2) is 0 Å². The van der Waals surface area contributed by atoms with Crippen LogP contribution in [0.1, 0.15) is 37.3 Å². The van der Waals surface area contributed by atoms with Crippen LogP contribution in [0.25, 0.3) is 0 Å². The molecule has 0 aromatic heterocycles. The van der Waals surface area contributed by atoms with Gasteiger partial charge in [-0.05, 0) is 43.0 Å². The van der Waals surface area contributed by atoms with Crippen molar-refractivity contribution in [1.29, 1.82) is 0 Å². The zero-order valence-corrected chi connectivity index (χ0v) is 18.1. The Balaban J connectivity index is 1.55. The lowest BCUT2D eigenvalue weighted by molar-refractivity contribution is -0.132. The van der Waals surface area contributed by atoms with Crippen LogP contribution >= 0.6 is 0 Å². The molecule has 3 rings (SSSR count). The Kier molecular flexibility index (Phi) is 8.41. The van der Waals surface area contributed by atoms with E-state index in [9.17, 15) is 18.4 Å². The van der Waals surface area contributed by atoms with Gasteiger partial charge in [0.1, 0.15) is 0 Å². The molecule has 0 bridgehead atoms. The Morgan fingerprint density at radius 3 is 2.50 bits per heavy atom. The van der Waals surface area contributed by atoms with E-state index in [2.05, 4.69) is 10.1 Å². The molecule has 1 aliphatic rings. The van der Waals surface area contributed by atoms with Gasteiger partial charge in [0.25, 0.3) is 0 Å². The zero-order valence-electron chi connectivity index (χ0n) is 18.1. The molecule has 0 unspecified atom stereocenters. The SMILES string of the molecule is CCOc1cc(CN(C(=O)CCNC(=O)Cc2ccccc2)C2CC2)ccc1OC(F)F. The Morgan fingerprint density at radius 1 is 1.09 bits per heavy atom. The van der Waals surface area contributed by atoms with Gasteiger partial charge in [-0.2, -0.15) is 8.78 Å². The van der Waals surface area contributed by atoms with Crippen LogP contribution in [-0.4, -0.2) is 42.5 Å². The Morgan fingerprint density at radius 2 is 1.84 bits per heavy atom. The topological polar surface area (TPSA) is 67.9 Å². The van der Waals surface area contributed by atoms with E-state index >= 15 is 0 Å². The molecule has 0 atom stereocenters. The number of carbonyl (C=O) groups excluding carboxylic acids is 2. The first-order valence-corrected chi connectivity index (χ1v) is 10.8. The molecule has 1 N–H and O–H groups in total. The summed E-state index contributed by atoms with van der Waals surface area (Å²) in [5.41, 5.74) is 1.68. The number of benzene rings is 2. The number of hydrogen-bond donors (Lipinski definition) is 1. The summed E-state index contributed by atoms with van der Waals surface area (Å²) in [6.45, 7) is -0.279. The molecule has 1 aliphatic carbocycles. The molecule has 2 amide bonds. The number of amides is 2. The van der Waals surface area contributed by atoms with Crippen molar-refractivity contribution in [3.63, 3.8) is 0 Å². The minimum absolute atomic E-state index is 0.0315. The number of halogens is 2.